The largest absolute Gasteiger partial charge is 0.228 e. The maximum Gasteiger partial charge on any atom is 0.160 e. The molecule has 0 aliphatic heterocycles. The first-order chi connectivity index (χ1) is 16.1. The van der Waals surface area contributed by atoms with Crippen LogP contribution in [0.15, 0.2) is 115 Å². The van der Waals surface area contributed by atoms with Crippen molar-refractivity contribution in [1.82, 2.24) is 9.97 Å². The van der Waals surface area contributed by atoms with Crippen molar-refractivity contribution in [1.29, 1.82) is 0 Å². The fourth-order valence-electron chi connectivity index (χ4n) is 3.60. The molecule has 0 amide bonds. The molecule has 0 atom stereocenters. The molecule has 1 aromatic heterocycles. The van der Waals surface area contributed by atoms with Crippen molar-refractivity contribution < 1.29 is 0 Å². The zero-order valence-corrected chi connectivity index (χ0v) is 19.4. The number of benzene rings is 3. The summed E-state index contributed by atoms with van der Waals surface area (Å²) in [5.41, 5.74) is 8.57. The van der Waals surface area contributed by atoms with Crippen molar-refractivity contribution in [2.24, 2.45) is 0 Å². The topological polar surface area (TPSA) is 25.8 Å². The van der Waals surface area contributed by atoms with Crippen LogP contribution in [0.3, 0.4) is 0 Å². The minimum Gasteiger partial charge on any atom is -0.228 e. The van der Waals surface area contributed by atoms with Gasteiger partial charge in [0.15, 0.2) is 5.82 Å². The van der Waals surface area contributed by atoms with Gasteiger partial charge in [-0.3, -0.25) is 0 Å². The zero-order valence-electron chi connectivity index (χ0n) is 19.4. The lowest BCUT2D eigenvalue weighted by atomic mass is 10.0. The Balaban J connectivity index is 1.84. The van der Waals surface area contributed by atoms with Gasteiger partial charge in [0.25, 0.3) is 0 Å². The Bertz CT molecular complexity index is 1300. The van der Waals surface area contributed by atoms with Crippen LogP contribution in [-0.2, 0) is 0 Å². The second-order valence-corrected chi connectivity index (χ2v) is 8.03. The maximum atomic E-state index is 4.97. The molecule has 0 bridgehead atoms. The van der Waals surface area contributed by atoms with Crippen molar-refractivity contribution >= 4 is 11.1 Å². The molecule has 0 aliphatic carbocycles. The quantitative estimate of drug-likeness (QED) is 0.289. The van der Waals surface area contributed by atoms with Crippen molar-refractivity contribution in [2.75, 3.05) is 0 Å². The smallest absolute Gasteiger partial charge is 0.160 e. The van der Waals surface area contributed by atoms with Gasteiger partial charge in [-0.05, 0) is 38.0 Å². The SMILES string of the molecule is C/C=C/C(=C\C=C(/C)c1ccccc1)c1nc(-c2ccccc2)cc(-c2ccc(C)cc2)n1. The third kappa shape index (κ3) is 5.61. The Hall–Kier alpha value is -4.04. The lowest BCUT2D eigenvalue weighted by Crippen LogP contribution is -1.98. The van der Waals surface area contributed by atoms with E-state index in [1.54, 1.807) is 0 Å². The first-order valence-electron chi connectivity index (χ1n) is 11.2. The van der Waals surface area contributed by atoms with E-state index in [0.29, 0.717) is 5.82 Å². The van der Waals surface area contributed by atoms with Gasteiger partial charge in [0.05, 0.1) is 11.4 Å². The first kappa shape index (κ1) is 22.2. The summed E-state index contributed by atoms with van der Waals surface area (Å²) in [5.74, 6) is 0.710. The van der Waals surface area contributed by atoms with E-state index in [2.05, 4.69) is 98.8 Å². The normalized spacial score (nSPS) is 12.3. The zero-order chi connectivity index (χ0) is 23.0. The molecule has 0 fully saturated rings. The number of hydrogen-bond donors (Lipinski definition) is 0. The van der Waals surface area contributed by atoms with Gasteiger partial charge >= 0.3 is 0 Å². The van der Waals surface area contributed by atoms with Crippen LogP contribution in [0.4, 0.5) is 0 Å². The van der Waals surface area contributed by atoms with Gasteiger partial charge in [0.2, 0.25) is 0 Å². The van der Waals surface area contributed by atoms with Crippen molar-refractivity contribution in [3.8, 4) is 22.5 Å². The fourth-order valence-corrected chi connectivity index (χ4v) is 3.60. The van der Waals surface area contributed by atoms with E-state index in [1.807, 2.05) is 37.3 Å². The van der Waals surface area contributed by atoms with E-state index >= 15 is 0 Å². The summed E-state index contributed by atoms with van der Waals surface area (Å²) in [6.45, 7) is 6.24. The van der Waals surface area contributed by atoms with Gasteiger partial charge in [-0.15, -0.1) is 0 Å². The summed E-state index contributed by atoms with van der Waals surface area (Å²) in [6, 6.07) is 31.2. The van der Waals surface area contributed by atoms with Gasteiger partial charge in [0, 0.05) is 16.7 Å². The molecular formula is C31H28N2. The summed E-state index contributed by atoms with van der Waals surface area (Å²) in [6.07, 6.45) is 8.33. The van der Waals surface area contributed by atoms with Gasteiger partial charge in [-0.2, -0.15) is 0 Å². The first-order valence-corrected chi connectivity index (χ1v) is 11.2. The summed E-state index contributed by atoms with van der Waals surface area (Å²) in [5, 5.41) is 0. The van der Waals surface area contributed by atoms with Gasteiger partial charge < -0.3 is 0 Å². The fraction of sp³-hybridized carbons (Fsp3) is 0.0968. The van der Waals surface area contributed by atoms with Crippen LogP contribution in [-0.4, -0.2) is 9.97 Å². The molecule has 4 aromatic rings. The Morgan fingerprint density at radius 3 is 1.88 bits per heavy atom. The van der Waals surface area contributed by atoms with Crippen LogP contribution < -0.4 is 0 Å². The van der Waals surface area contributed by atoms with E-state index in [1.165, 1.54) is 16.7 Å². The highest BCUT2D eigenvalue weighted by Gasteiger charge is 2.11. The van der Waals surface area contributed by atoms with Gasteiger partial charge in [-0.1, -0.05) is 115 Å². The Labute approximate surface area is 196 Å². The molecule has 2 nitrogen and oxygen atoms in total. The number of aryl methyl sites for hydroxylation is 1. The number of allylic oxidation sites excluding steroid dienone is 6. The van der Waals surface area contributed by atoms with E-state index in [0.717, 1.165) is 28.1 Å². The van der Waals surface area contributed by atoms with Crippen LogP contribution in [0.1, 0.15) is 30.8 Å². The highest BCUT2D eigenvalue weighted by atomic mass is 14.9. The van der Waals surface area contributed by atoms with Crippen molar-refractivity contribution in [3.63, 3.8) is 0 Å². The number of rotatable bonds is 6. The third-order valence-electron chi connectivity index (χ3n) is 5.49. The lowest BCUT2D eigenvalue weighted by molar-refractivity contribution is 1.13. The molecule has 2 heteroatoms. The molecule has 0 aliphatic rings. The molecule has 162 valence electrons. The summed E-state index contributed by atoms with van der Waals surface area (Å²) < 4.78 is 0. The summed E-state index contributed by atoms with van der Waals surface area (Å²) >= 11 is 0. The second kappa shape index (κ2) is 10.5. The minimum absolute atomic E-state index is 0.710. The second-order valence-electron chi connectivity index (χ2n) is 8.03. The predicted octanol–water partition coefficient (Wildman–Crippen LogP) is 8.18. The van der Waals surface area contributed by atoms with Crippen molar-refractivity contribution in [3.05, 3.63) is 132 Å². The molecule has 0 N–H and O–H groups in total. The van der Waals surface area contributed by atoms with E-state index in [-0.39, 0.29) is 0 Å². The summed E-state index contributed by atoms with van der Waals surface area (Å²) in [7, 11) is 0. The molecule has 3 aromatic carbocycles. The standard InChI is InChI=1S/C31H28N2/c1-4-11-28(21-18-24(3)25-12-7-5-8-13-25)31-32-29(26-14-9-6-10-15-26)22-30(33-31)27-19-16-23(2)17-20-27/h4-22H,1-3H3/b11-4+,24-18+,28-21+. The van der Waals surface area contributed by atoms with E-state index in [4.69, 9.17) is 9.97 Å². The highest BCUT2D eigenvalue weighted by molar-refractivity contribution is 5.78. The number of aromatic nitrogens is 2. The molecule has 0 radical (unpaired) electrons. The Morgan fingerprint density at radius 2 is 1.27 bits per heavy atom. The minimum atomic E-state index is 0.710. The third-order valence-corrected chi connectivity index (χ3v) is 5.49. The Morgan fingerprint density at radius 1 is 0.697 bits per heavy atom. The molecule has 0 saturated carbocycles. The highest BCUT2D eigenvalue weighted by Crippen LogP contribution is 2.27. The molecule has 0 saturated heterocycles. The van der Waals surface area contributed by atoms with Crippen LogP contribution in [0.25, 0.3) is 33.7 Å². The molecule has 0 spiro atoms. The number of nitrogens with zero attached hydrogens (tertiary/aromatic N) is 2. The number of hydrogen-bond acceptors (Lipinski definition) is 2. The monoisotopic (exact) mass is 428 g/mol. The average molecular weight is 429 g/mol. The molecule has 4 rings (SSSR count). The van der Waals surface area contributed by atoms with Gasteiger partial charge in [-0.25, -0.2) is 9.97 Å². The van der Waals surface area contributed by atoms with Crippen LogP contribution >= 0.6 is 0 Å². The maximum absolute atomic E-state index is 4.97. The summed E-state index contributed by atoms with van der Waals surface area (Å²) in [4.78, 5) is 9.93. The molecule has 0 unspecified atom stereocenters. The molecular weight excluding hydrogens is 400 g/mol. The van der Waals surface area contributed by atoms with Crippen LogP contribution in [0, 0.1) is 6.92 Å². The van der Waals surface area contributed by atoms with E-state index in [9.17, 15) is 0 Å². The predicted molar refractivity (Wildman–Crippen MR) is 141 cm³/mol. The van der Waals surface area contributed by atoms with E-state index < -0.39 is 0 Å². The van der Waals surface area contributed by atoms with Gasteiger partial charge in [0.1, 0.15) is 0 Å². The van der Waals surface area contributed by atoms with Crippen LogP contribution in [0.5, 0.6) is 0 Å². The van der Waals surface area contributed by atoms with Crippen molar-refractivity contribution in [2.45, 2.75) is 20.8 Å². The average Bonchev–Trinajstić information content (AvgIpc) is 2.87. The Kier molecular flexibility index (Phi) is 7.06. The lowest BCUT2D eigenvalue weighted by Gasteiger charge is -2.10. The molecule has 1 heterocycles. The molecule has 33 heavy (non-hydrogen) atoms. The van der Waals surface area contributed by atoms with Crippen LogP contribution in [0.2, 0.25) is 0 Å².